The Morgan fingerprint density at radius 1 is 1.11 bits per heavy atom. The van der Waals surface area contributed by atoms with Gasteiger partial charge >= 0.3 is 5.97 Å². The molecule has 0 aliphatic carbocycles. The van der Waals surface area contributed by atoms with Crippen LogP contribution in [0.1, 0.15) is 12.5 Å². The lowest BCUT2D eigenvalue weighted by molar-refractivity contribution is -0.149. The van der Waals surface area contributed by atoms with Crippen LogP contribution in [0.3, 0.4) is 0 Å². The summed E-state index contributed by atoms with van der Waals surface area (Å²) in [4.78, 5) is 27.5. The molecule has 8 nitrogen and oxygen atoms in total. The van der Waals surface area contributed by atoms with Crippen LogP contribution in [-0.2, 0) is 27.3 Å². The molecule has 0 N–H and O–H groups in total. The van der Waals surface area contributed by atoms with Gasteiger partial charge in [0, 0.05) is 17.3 Å². The van der Waals surface area contributed by atoms with Crippen LogP contribution in [-0.4, -0.2) is 44.7 Å². The lowest BCUT2D eigenvalue weighted by Gasteiger charge is -2.22. The van der Waals surface area contributed by atoms with E-state index >= 15 is 0 Å². The molecule has 1 aliphatic heterocycles. The second-order valence-corrected chi connectivity index (χ2v) is 6.62. The van der Waals surface area contributed by atoms with Crippen molar-refractivity contribution in [2.75, 3.05) is 11.5 Å². The summed E-state index contributed by atoms with van der Waals surface area (Å²) in [5.74, 6) is -0.417. The Morgan fingerprint density at radius 2 is 1.86 bits per heavy atom. The number of benzene rings is 2. The molecule has 2 aromatic carbocycles. The molecule has 3 aromatic rings. The maximum absolute atomic E-state index is 12.6. The fourth-order valence-electron chi connectivity index (χ4n) is 3.33. The van der Waals surface area contributed by atoms with Crippen molar-refractivity contribution in [3.8, 4) is 11.4 Å². The van der Waals surface area contributed by atoms with Gasteiger partial charge in [0.05, 0.1) is 0 Å². The molecular weight excluding hydrogens is 358 g/mol. The Bertz CT molecular complexity index is 1000. The van der Waals surface area contributed by atoms with E-state index in [1.54, 1.807) is 4.90 Å². The average molecular weight is 377 g/mol. The molecule has 0 saturated carbocycles. The second kappa shape index (κ2) is 7.59. The molecule has 28 heavy (non-hydrogen) atoms. The molecule has 1 aromatic heterocycles. The first-order valence-electron chi connectivity index (χ1n) is 9.00. The summed E-state index contributed by atoms with van der Waals surface area (Å²) < 4.78 is 5.14. The summed E-state index contributed by atoms with van der Waals surface area (Å²) in [6.45, 7) is 1.45. The van der Waals surface area contributed by atoms with Gasteiger partial charge in [-0.2, -0.15) is 4.80 Å². The van der Waals surface area contributed by atoms with Crippen molar-refractivity contribution in [2.45, 2.75) is 25.9 Å². The summed E-state index contributed by atoms with van der Waals surface area (Å²) in [6, 6.07) is 17.1. The molecule has 0 spiro atoms. The smallest absolute Gasteiger partial charge is 0.330 e. The van der Waals surface area contributed by atoms with Crippen LogP contribution >= 0.6 is 0 Å². The molecule has 0 saturated heterocycles. The molecule has 142 valence electrons. The van der Waals surface area contributed by atoms with Gasteiger partial charge in [-0.05, 0) is 30.2 Å². The number of anilines is 1. The van der Waals surface area contributed by atoms with Crippen molar-refractivity contribution in [1.82, 2.24) is 20.2 Å². The third kappa shape index (κ3) is 3.62. The zero-order chi connectivity index (χ0) is 19.5. The van der Waals surface area contributed by atoms with Gasteiger partial charge in [-0.25, -0.2) is 4.79 Å². The number of hydrogen-bond acceptors (Lipinski definition) is 6. The Hall–Kier alpha value is -3.55. The number of carbonyl (C=O) groups excluding carboxylic acids is 2. The van der Waals surface area contributed by atoms with Crippen molar-refractivity contribution < 1.29 is 14.3 Å². The van der Waals surface area contributed by atoms with Gasteiger partial charge in [-0.3, -0.25) is 4.79 Å². The highest BCUT2D eigenvalue weighted by Crippen LogP contribution is 2.31. The van der Waals surface area contributed by atoms with Crippen LogP contribution in [0.15, 0.2) is 54.6 Å². The Kier molecular flexibility index (Phi) is 4.84. The first-order chi connectivity index (χ1) is 13.6. The predicted octanol–water partition coefficient (Wildman–Crippen LogP) is 1.86. The number of fused-ring (bicyclic) bond motifs is 1. The van der Waals surface area contributed by atoms with Gasteiger partial charge in [0.2, 0.25) is 5.82 Å². The molecule has 0 fully saturated rings. The number of nitrogens with zero attached hydrogens (tertiary/aromatic N) is 5. The molecule has 4 rings (SSSR count). The van der Waals surface area contributed by atoms with Crippen LogP contribution in [0, 0.1) is 0 Å². The minimum atomic E-state index is -0.592. The van der Waals surface area contributed by atoms with E-state index in [4.69, 9.17) is 4.74 Å². The van der Waals surface area contributed by atoms with E-state index in [1.807, 2.05) is 61.5 Å². The number of hydrogen-bond donors (Lipinski definition) is 0. The fraction of sp³-hybridized carbons (Fsp3) is 0.250. The third-order valence-corrected chi connectivity index (χ3v) is 4.59. The number of amides is 1. The minimum absolute atomic E-state index is 0.0361. The van der Waals surface area contributed by atoms with E-state index in [2.05, 4.69) is 15.4 Å². The highest BCUT2D eigenvalue weighted by atomic mass is 16.5. The van der Waals surface area contributed by atoms with Crippen LogP contribution in [0.5, 0.6) is 0 Å². The number of tetrazole rings is 1. The summed E-state index contributed by atoms with van der Waals surface area (Å²) in [6.07, 6.45) is 0.793. The van der Waals surface area contributed by atoms with Crippen molar-refractivity contribution in [3.63, 3.8) is 0 Å². The first kappa shape index (κ1) is 17.8. The van der Waals surface area contributed by atoms with Gasteiger partial charge in [0.1, 0.15) is 0 Å². The van der Waals surface area contributed by atoms with Gasteiger partial charge in [0.25, 0.3) is 5.91 Å². The average Bonchev–Trinajstić information content (AvgIpc) is 3.30. The first-order valence-corrected chi connectivity index (χ1v) is 9.00. The number of esters is 1. The Balaban J connectivity index is 1.34. The summed E-state index contributed by atoms with van der Waals surface area (Å²) >= 11 is 0. The van der Waals surface area contributed by atoms with Gasteiger partial charge in [0.15, 0.2) is 13.2 Å². The van der Waals surface area contributed by atoms with Gasteiger partial charge < -0.3 is 9.64 Å². The fourth-order valence-corrected chi connectivity index (χ4v) is 3.33. The molecule has 0 unspecified atom stereocenters. The topological polar surface area (TPSA) is 90.2 Å². The van der Waals surface area contributed by atoms with Crippen molar-refractivity contribution >= 4 is 17.6 Å². The molecule has 1 aliphatic rings. The van der Waals surface area contributed by atoms with Crippen molar-refractivity contribution in [1.29, 1.82) is 0 Å². The molecule has 0 radical (unpaired) electrons. The van der Waals surface area contributed by atoms with E-state index in [0.717, 1.165) is 28.0 Å². The van der Waals surface area contributed by atoms with E-state index in [1.165, 1.54) is 0 Å². The third-order valence-electron chi connectivity index (χ3n) is 4.59. The highest BCUT2D eigenvalue weighted by Gasteiger charge is 2.31. The van der Waals surface area contributed by atoms with E-state index in [9.17, 15) is 9.59 Å². The lowest BCUT2D eigenvalue weighted by Crippen LogP contribution is -2.39. The Morgan fingerprint density at radius 3 is 2.68 bits per heavy atom. The Labute approximate surface area is 161 Å². The SMILES string of the molecule is C[C@H]1Cc2ccccc2N1C(=O)COC(=O)Cn1nnc(-c2ccccc2)n1. The summed E-state index contributed by atoms with van der Waals surface area (Å²) in [5, 5.41) is 12.0. The standard InChI is InChI=1S/C20H19N5O3/c1-14-11-16-9-5-6-10-17(16)25(14)18(26)13-28-19(27)12-24-22-20(21-23-24)15-7-3-2-4-8-15/h2-10,14H,11-13H2,1H3/t14-/m0/s1. The van der Waals surface area contributed by atoms with Gasteiger partial charge in [-0.15, -0.1) is 10.2 Å². The highest BCUT2D eigenvalue weighted by molar-refractivity contribution is 5.97. The number of carbonyl (C=O) groups is 2. The van der Waals surface area contributed by atoms with Crippen LogP contribution in [0.2, 0.25) is 0 Å². The largest absolute Gasteiger partial charge is 0.454 e. The lowest BCUT2D eigenvalue weighted by atomic mass is 10.1. The second-order valence-electron chi connectivity index (χ2n) is 6.62. The van der Waals surface area contributed by atoms with Gasteiger partial charge in [-0.1, -0.05) is 48.5 Å². The normalized spacial score (nSPS) is 15.3. The maximum Gasteiger partial charge on any atom is 0.330 e. The zero-order valence-corrected chi connectivity index (χ0v) is 15.4. The van der Waals surface area contributed by atoms with E-state index in [0.29, 0.717) is 5.82 Å². The number of rotatable bonds is 5. The molecular formula is C20H19N5O3. The van der Waals surface area contributed by atoms with Crippen LogP contribution in [0.4, 0.5) is 5.69 Å². The summed E-state index contributed by atoms with van der Waals surface area (Å²) in [5.41, 5.74) is 2.80. The van der Waals surface area contributed by atoms with E-state index < -0.39 is 5.97 Å². The van der Waals surface area contributed by atoms with Crippen molar-refractivity contribution in [2.24, 2.45) is 0 Å². The minimum Gasteiger partial charge on any atom is -0.454 e. The van der Waals surface area contributed by atoms with Crippen LogP contribution < -0.4 is 4.90 Å². The zero-order valence-electron chi connectivity index (χ0n) is 15.4. The molecule has 8 heteroatoms. The van der Waals surface area contributed by atoms with E-state index in [-0.39, 0.29) is 25.1 Å². The molecule has 2 heterocycles. The number of para-hydroxylation sites is 1. The number of ether oxygens (including phenoxy) is 1. The quantitative estimate of drug-likeness (QED) is 0.631. The maximum atomic E-state index is 12.6. The summed E-state index contributed by atoms with van der Waals surface area (Å²) in [7, 11) is 0. The molecule has 1 atom stereocenters. The number of aromatic nitrogens is 4. The predicted molar refractivity (Wildman–Crippen MR) is 101 cm³/mol. The molecule has 1 amide bonds. The van der Waals surface area contributed by atoms with Crippen LogP contribution in [0.25, 0.3) is 11.4 Å². The van der Waals surface area contributed by atoms with Crippen molar-refractivity contribution in [3.05, 3.63) is 60.2 Å². The molecule has 0 bridgehead atoms. The monoisotopic (exact) mass is 377 g/mol.